The van der Waals surface area contributed by atoms with Gasteiger partial charge < -0.3 is 20.3 Å². The molecule has 10 nitrogen and oxygen atoms in total. The highest BCUT2D eigenvalue weighted by atomic mass is 16.6. The maximum Gasteiger partial charge on any atom is 0.410 e. The molecule has 0 aromatic carbocycles. The van der Waals surface area contributed by atoms with E-state index < -0.39 is 5.60 Å². The van der Waals surface area contributed by atoms with E-state index in [4.69, 9.17) is 9.72 Å². The number of fused-ring (bicyclic) bond motifs is 3. The molecular weight excluding hydrogens is 420 g/mol. The molecule has 2 saturated heterocycles. The summed E-state index contributed by atoms with van der Waals surface area (Å²) in [6, 6.07) is 4.30. The van der Waals surface area contributed by atoms with Gasteiger partial charge in [0, 0.05) is 48.3 Å². The Labute approximate surface area is 192 Å². The van der Waals surface area contributed by atoms with Gasteiger partial charge in [-0.1, -0.05) is 0 Å². The Morgan fingerprint density at radius 1 is 1.12 bits per heavy atom. The molecule has 3 aromatic rings. The van der Waals surface area contributed by atoms with E-state index in [1.165, 1.54) is 0 Å². The molecule has 2 fully saturated rings. The van der Waals surface area contributed by atoms with Crippen LogP contribution in [-0.4, -0.2) is 59.9 Å². The minimum Gasteiger partial charge on any atom is -0.444 e. The predicted molar refractivity (Wildman–Crippen MR) is 125 cm³/mol. The third-order valence-electron chi connectivity index (χ3n) is 6.10. The number of ether oxygens (including phenoxy) is 1. The lowest BCUT2D eigenvalue weighted by molar-refractivity contribution is 0.00683. The Hall–Kier alpha value is -3.43. The topological polar surface area (TPSA) is 121 Å². The second kappa shape index (κ2) is 8.17. The van der Waals surface area contributed by atoms with E-state index >= 15 is 0 Å². The molecule has 0 aliphatic carbocycles. The third kappa shape index (κ3) is 4.55. The molecule has 10 heteroatoms. The molecule has 3 N–H and O–H groups in total. The van der Waals surface area contributed by atoms with Gasteiger partial charge in [-0.15, -0.1) is 0 Å². The van der Waals surface area contributed by atoms with E-state index in [1.54, 1.807) is 12.4 Å². The monoisotopic (exact) mass is 450 g/mol. The fraction of sp³-hybridized carbons (Fsp3) is 0.522. The molecule has 1 amide bonds. The van der Waals surface area contributed by atoms with Crippen molar-refractivity contribution in [3.63, 3.8) is 0 Å². The molecule has 174 valence electrons. The Balaban J connectivity index is 1.36. The summed E-state index contributed by atoms with van der Waals surface area (Å²) in [5, 5.41) is 14.0. The molecule has 5 rings (SSSR count). The highest BCUT2D eigenvalue weighted by molar-refractivity contribution is 5.88. The minimum atomic E-state index is -0.493. The normalized spacial score (nSPS) is 22.4. The third-order valence-corrected chi connectivity index (χ3v) is 6.10. The summed E-state index contributed by atoms with van der Waals surface area (Å²) in [4.78, 5) is 28.5. The van der Waals surface area contributed by atoms with Crippen LogP contribution >= 0.6 is 0 Å². The number of rotatable bonds is 4. The summed E-state index contributed by atoms with van der Waals surface area (Å²) >= 11 is 0. The SMILES string of the molecule is Cc1cc(Nc2cc3nccnc3c(NC3C[C@H]4CC[C@@H](C3)N4C(=O)OC(C)(C)C)n2)n[nH]1. The number of H-pyrrole nitrogens is 1. The predicted octanol–water partition coefficient (Wildman–Crippen LogP) is 4.14. The van der Waals surface area contributed by atoms with Crippen molar-refractivity contribution < 1.29 is 9.53 Å². The summed E-state index contributed by atoms with van der Waals surface area (Å²) in [5.74, 6) is 2.02. The Bertz CT molecular complexity index is 1160. The number of aromatic amines is 1. The molecule has 0 saturated carbocycles. The van der Waals surface area contributed by atoms with Crippen LogP contribution < -0.4 is 10.6 Å². The van der Waals surface area contributed by atoms with Crippen LogP contribution in [0.3, 0.4) is 0 Å². The number of hydrogen-bond donors (Lipinski definition) is 3. The van der Waals surface area contributed by atoms with Crippen LogP contribution in [-0.2, 0) is 4.74 Å². The average molecular weight is 451 g/mol. The first-order valence-electron chi connectivity index (χ1n) is 11.4. The molecule has 33 heavy (non-hydrogen) atoms. The van der Waals surface area contributed by atoms with Crippen LogP contribution in [0.1, 0.15) is 52.1 Å². The number of nitrogens with one attached hydrogen (secondary N) is 3. The maximum atomic E-state index is 12.8. The lowest BCUT2D eigenvalue weighted by atomic mass is 9.97. The number of hydrogen-bond acceptors (Lipinski definition) is 8. The quantitative estimate of drug-likeness (QED) is 0.542. The van der Waals surface area contributed by atoms with Gasteiger partial charge in [0.15, 0.2) is 11.6 Å². The van der Waals surface area contributed by atoms with E-state index in [-0.39, 0.29) is 24.2 Å². The van der Waals surface area contributed by atoms with Crippen molar-refractivity contribution in [1.82, 2.24) is 30.0 Å². The summed E-state index contributed by atoms with van der Waals surface area (Å²) in [6.45, 7) is 7.67. The standard InChI is InChI=1S/C23H30N8O2/c1-13-9-19(30-29-13)27-18-12-17-20(25-8-7-24-17)21(28-18)26-14-10-15-5-6-16(11-14)31(15)22(32)33-23(2,3)4/h7-9,12,14-16H,5-6,10-11H2,1-4H3,(H3,26,27,28,29,30)/t14?,15-,16+. The van der Waals surface area contributed by atoms with E-state index in [9.17, 15) is 4.79 Å². The van der Waals surface area contributed by atoms with Crippen molar-refractivity contribution in [1.29, 1.82) is 0 Å². The van der Waals surface area contributed by atoms with Gasteiger partial charge in [-0.05, 0) is 53.4 Å². The first kappa shape index (κ1) is 21.4. The van der Waals surface area contributed by atoms with Crippen molar-refractivity contribution in [2.45, 2.75) is 77.1 Å². The van der Waals surface area contributed by atoms with Gasteiger partial charge in [-0.25, -0.2) is 14.8 Å². The Kier molecular flexibility index (Phi) is 5.30. The largest absolute Gasteiger partial charge is 0.444 e. The number of carbonyl (C=O) groups is 1. The lowest BCUT2D eigenvalue weighted by Crippen LogP contribution is -2.51. The van der Waals surface area contributed by atoms with Crippen molar-refractivity contribution in [2.75, 3.05) is 10.6 Å². The summed E-state index contributed by atoms with van der Waals surface area (Å²) < 4.78 is 5.66. The fourth-order valence-electron chi connectivity index (χ4n) is 4.85. The van der Waals surface area contributed by atoms with Crippen molar-refractivity contribution >= 4 is 34.6 Å². The van der Waals surface area contributed by atoms with Crippen molar-refractivity contribution in [3.8, 4) is 0 Å². The maximum absolute atomic E-state index is 12.8. The van der Waals surface area contributed by atoms with Crippen LogP contribution in [0.5, 0.6) is 0 Å². The van der Waals surface area contributed by atoms with Crippen LogP contribution in [0, 0.1) is 6.92 Å². The van der Waals surface area contributed by atoms with E-state index in [0.717, 1.165) is 42.4 Å². The minimum absolute atomic E-state index is 0.168. The number of carbonyl (C=O) groups excluding carboxylic acids is 1. The smallest absolute Gasteiger partial charge is 0.410 e. The zero-order valence-electron chi connectivity index (χ0n) is 19.4. The van der Waals surface area contributed by atoms with Crippen LogP contribution in [0.15, 0.2) is 24.5 Å². The van der Waals surface area contributed by atoms with Crippen LogP contribution in [0.25, 0.3) is 11.0 Å². The van der Waals surface area contributed by atoms with Crippen molar-refractivity contribution in [2.24, 2.45) is 0 Å². The molecule has 3 atom stereocenters. The van der Waals surface area contributed by atoms with Gasteiger partial charge in [-0.3, -0.25) is 10.1 Å². The van der Waals surface area contributed by atoms with Crippen LogP contribution in [0.2, 0.25) is 0 Å². The first-order valence-corrected chi connectivity index (χ1v) is 11.4. The zero-order valence-corrected chi connectivity index (χ0v) is 19.4. The van der Waals surface area contributed by atoms with Crippen molar-refractivity contribution in [3.05, 3.63) is 30.2 Å². The lowest BCUT2D eigenvalue weighted by Gasteiger charge is -2.39. The zero-order chi connectivity index (χ0) is 23.2. The molecule has 2 bridgehead atoms. The number of piperidine rings is 1. The van der Waals surface area contributed by atoms with Gasteiger partial charge in [0.25, 0.3) is 0 Å². The number of aryl methyl sites for hydroxylation is 1. The average Bonchev–Trinajstić information content (AvgIpc) is 3.27. The van der Waals surface area contributed by atoms with Gasteiger partial charge >= 0.3 is 6.09 Å². The Morgan fingerprint density at radius 2 is 1.85 bits per heavy atom. The number of nitrogens with zero attached hydrogens (tertiary/aromatic N) is 5. The Morgan fingerprint density at radius 3 is 2.52 bits per heavy atom. The summed E-state index contributed by atoms with van der Waals surface area (Å²) in [7, 11) is 0. The van der Waals surface area contributed by atoms with Gasteiger partial charge in [0.05, 0.1) is 5.52 Å². The number of pyridine rings is 1. The van der Waals surface area contributed by atoms with Gasteiger partial charge in [0.2, 0.25) is 0 Å². The molecule has 2 aliphatic heterocycles. The highest BCUT2D eigenvalue weighted by Gasteiger charge is 2.45. The van der Waals surface area contributed by atoms with E-state index in [2.05, 4.69) is 30.8 Å². The molecule has 2 aliphatic rings. The molecule has 1 unspecified atom stereocenters. The molecule has 0 spiro atoms. The summed E-state index contributed by atoms with van der Waals surface area (Å²) in [6.07, 6.45) is 6.82. The molecular formula is C23H30N8O2. The van der Waals surface area contributed by atoms with Gasteiger partial charge in [-0.2, -0.15) is 5.10 Å². The first-order chi connectivity index (χ1) is 15.7. The second-order valence-electron chi connectivity index (χ2n) is 9.93. The number of amides is 1. The van der Waals surface area contributed by atoms with E-state index in [0.29, 0.717) is 17.5 Å². The molecule has 0 radical (unpaired) electrons. The fourth-order valence-corrected chi connectivity index (χ4v) is 4.85. The number of aromatic nitrogens is 5. The second-order valence-corrected chi connectivity index (χ2v) is 9.93. The summed E-state index contributed by atoms with van der Waals surface area (Å²) in [5.41, 5.74) is 1.94. The van der Waals surface area contributed by atoms with E-state index in [1.807, 2.05) is 44.7 Å². The number of anilines is 3. The van der Waals surface area contributed by atoms with Crippen LogP contribution in [0.4, 0.5) is 22.2 Å². The van der Waals surface area contributed by atoms with Gasteiger partial charge in [0.1, 0.15) is 16.9 Å². The molecule has 3 aromatic heterocycles. The molecule has 5 heterocycles. The highest BCUT2D eigenvalue weighted by Crippen LogP contribution is 2.38.